The number of carbonyl (C=O) groups is 1. The molecule has 29 heavy (non-hydrogen) atoms. The fourth-order valence-corrected chi connectivity index (χ4v) is 3.73. The Hall–Kier alpha value is -3.58. The fourth-order valence-electron chi connectivity index (χ4n) is 2.90. The Labute approximate surface area is 171 Å². The molecule has 0 aliphatic carbocycles. The Bertz CT molecular complexity index is 1190. The summed E-state index contributed by atoms with van der Waals surface area (Å²) in [4.78, 5) is 35.8. The van der Waals surface area contributed by atoms with Crippen molar-refractivity contribution in [2.45, 2.75) is 6.54 Å². The van der Waals surface area contributed by atoms with Crippen molar-refractivity contribution < 1.29 is 4.79 Å². The SMILES string of the molecule is CN(C(=O)Cn1cncc(-c2nc(-c3ccccc3)cs2)c1=O)c1ccccc1. The lowest BCUT2D eigenvalue weighted by atomic mass is 10.2. The van der Waals surface area contributed by atoms with Gasteiger partial charge in [0.15, 0.2) is 0 Å². The maximum atomic E-state index is 12.9. The molecular formula is C22H18N4O2S. The number of hydrogen-bond acceptors (Lipinski definition) is 5. The lowest BCUT2D eigenvalue weighted by Gasteiger charge is -2.17. The molecule has 2 aromatic heterocycles. The summed E-state index contributed by atoms with van der Waals surface area (Å²) in [6, 6.07) is 19.1. The largest absolute Gasteiger partial charge is 0.314 e. The van der Waals surface area contributed by atoms with Gasteiger partial charge in [-0.05, 0) is 12.1 Å². The predicted octanol–water partition coefficient (Wildman–Crippen LogP) is 3.70. The van der Waals surface area contributed by atoms with Crippen molar-refractivity contribution in [3.63, 3.8) is 0 Å². The molecule has 0 aliphatic heterocycles. The summed E-state index contributed by atoms with van der Waals surface area (Å²) in [7, 11) is 1.69. The zero-order chi connectivity index (χ0) is 20.2. The molecule has 4 rings (SSSR count). The summed E-state index contributed by atoms with van der Waals surface area (Å²) < 4.78 is 1.32. The second kappa shape index (κ2) is 8.20. The van der Waals surface area contributed by atoms with Crippen LogP contribution in [0.25, 0.3) is 21.8 Å². The number of anilines is 1. The van der Waals surface area contributed by atoms with E-state index in [-0.39, 0.29) is 18.0 Å². The highest BCUT2D eigenvalue weighted by molar-refractivity contribution is 7.13. The smallest absolute Gasteiger partial charge is 0.264 e. The van der Waals surface area contributed by atoms with Gasteiger partial charge in [0.25, 0.3) is 5.56 Å². The van der Waals surface area contributed by atoms with Gasteiger partial charge in [0.2, 0.25) is 5.91 Å². The number of likely N-dealkylation sites (N-methyl/N-ethyl adjacent to an activating group) is 1. The van der Waals surface area contributed by atoms with Crippen molar-refractivity contribution in [3.05, 3.63) is 88.9 Å². The number of carbonyl (C=O) groups excluding carboxylic acids is 1. The molecule has 0 saturated heterocycles. The summed E-state index contributed by atoms with van der Waals surface area (Å²) in [6.07, 6.45) is 2.88. The third-order valence-corrected chi connectivity index (χ3v) is 5.40. The van der Waals surface area contributed by atoms with Crippen molar-refractivity contribution in [3.8, 4) is 21.8 Å². The van der Waals surface area contributed by atoms with E-state index in [1.54, 1.807) is 7.05 Å². The van der Waals surface area contributed by atoms with Crippen LogP contribution in [0.15, 0.2) is 83.4 Å². The van der Waals surface area contributed by atoms with Crippen LogP contribution in [0.1, 0.15) is 0 Å². The first-order valence-corrected chi connectivity index (χ1v) is 9.89. The van der Waals surface area contributed by atoms with Crippen LogP contribution < -0.4 is 10.5 Å². The Morgan fingerprint density at radius 2 is 1.76 bits per heavy atom. The van der Waals surface area contributed by atoms with Gasteiger partial charge in [-0.25, -0.2) is 9.97 Å². The minimum Gasteiger partial charge on any atom is -0.314 e. The van der Waals surface area contributed by atoms with Crippen molar-refractivity contribution in [1.82, 2.24) is 14.5 Å². The normalized spacial score (nSPS) is 10.7. The van der Waals surface area contributed by atoms with E-state index in [0.717, 1.165) is 16.9 Å². The van der Waals surface area contributed by atoms with Crippen LogP contribution >= 0.6 is 11.3 Å². The Morgan fingerprint density at radius 1 is 1.07 bits per heavy atom. The highest BCUT2D eigenvalue weighted by atomic mass is 32.1. The molecule has 0 N–H and O–H groups in total. The van der Waals surface area contributed by atoms with Crippen LogP contribution in [0.5, 0.6) is 0 Å². The molecule has 0 radical (unpaired) electrons. The number of amides is 1. The number of rotatable bonds is 5. The molecule has 0 spiro atoms. The first kappa shape index (κ1) is 18.8. The number of thiazole rings is 1. The summed E-state index contributed by atoms with van der Waals surface area (Å²) in [5, 5.41) is 2.50. The number of nitrogens with zero attached hydrogens (tertiary/aromatic N) is 4. The van der Waals surface area contributed by atoms with Crippen LogP contribution in [0.4, 0.5) is 5.69 Å². The molecule has 0 bridgehead atoms. The van der Waals surface area contributed by atoms with Crippen molar-refractivity contribution in [2.75, 3.05) is 11.9 Å². The number of para-hydroxylation sites is 1. The highest BCUT2D eigenvalue weighted by Gasteiger charge is 2.16. The molecule has 0 saturated carbocycles. The molecule has 0 unspecified atom stereocenters. The molecule has 6 nitrogen and oxygen atoms in total. The van der Waals surface area contributed by atoms with Crippen molar-refractivity contribution in [2.24, 2.45) is 0 Å². The highest BCUT2D eigenvalue weighted by Crippen LogP contribution is 2.26. The summed E-state index contributed by atoms with van der Waals surface area (Å²) in [6.45, 7) is -0.0953. The van der Waals surface area contributed by atoms with Gasteiger partial charge in [0.1, 0.15) is 11.6 Å². The molecule has 0 aliphatic rings. The van der Waals surface area contributed by atoms with E-state index in [2.05, 4.69) is 9.97 Å². The van der Waals surface area contributed by atoms with Crippen LogP contribution in [-0.4, -0.2) is 27.5 Å². The van der Waals surface area contributed by atoms with Gasteiger partial charge in [-0.2, -0.15) is 0 Å². The maximum absolute atomic E-state index is 12.9. The van der Waals surface area contributed by atoms with Gasteiger partial charge in [-0.15, -0.1) is 11.3 Å². The van der Waals surface area contributed by atoms with E-state index in [1.165, 1.54) is 33.3 Å². The molecule has 144 valence electrons. The second-order valence-corrected chi connectivity index (χ2v) is 7.29. The molecule has 7 heteroatoms. The lowest BCUT2D eigenvalue weighted by Crippen LogP contribution is -2.34. The lowest BCUT2D eigenvalue weighted by molar-refractivity contribution is -0.118. The van der Waals surface area contributed by atoms with E-state index in [4.69, 9.17) is 0 Å². The molecule has 1 amide bonds. The van der Waals surface area contributed by atoms with Crippen LogP contribution in [0.3, 0.4) is 0 Å². The number of aromatic nitrogens is 3. The quantitative estimate of drug-likeness (QED) is 0.511. The second-order valence-electron chi connectivity index (χ2n) is 6.43. The van der Waals surface area contributed by atoms with E-state index in [1.807, 2.05) is 66.0 Å². The zero-order valence-corrected chi connectivity index (χ0v) is 16.5. The van der Waals surface area contributed by atoms with Crippen LogP contribution in [0, 0.1) is 0 Å². The van der Waals surface area contributed by atoms with Crippen molar-refractivity contribution >= 4 is 22.9 Å². The maximum Gasteiger partial charge on any atom is 0.264 e. The number of hydrogen-bond donors (Lipinski definition) is 0. The Morgan fingerprint density at radius 3 is 2.48 bits per heavy atom. The molecule has 2 heterocycles. The molecule has 0 fully saturated rings. The fraction of sp³-hybridized carbons (Fsp3) is 0.0909. The molecule has 2 aromatic carbocycles. The van der Waals surface area contributed by atoms with Crippen LogP contribution in [-0.2, 0) is 11.3 Å². The van der Waals surface area contributed by atoms with Gasteiger partial charge in [-0.3, -0.25) is 14.2 Å². The predicted molar refractivity (Wildman–Crippen MR) is 115 cm³/mol. The average molecular weight is 402 g/mol. The first-order valence-electron chi connectivity index (χ1n) is 9.01. The average Bonchev–Trinajstić information content (AvgIpc) is 3.26. The van der Waals surface area contributed by atoms with E-state index >= 15 is 0 Å². The van der Waals surface area contributed by atoms with Gasteiger partial charge in [0, 0.05) is 29.9 Å². The molecular weight excluding hydrogens is 384 g/mol. The number of benzene rings is 2. The van der Waals surface area contributed by atoms with E-state index < -0.39 is 0 Å². The van der Waals surface area contributed by atoms with Gasteiger partial charge < -0.3 is 4.90 Å². The standard InChI is InChI=1S/C22H18N4O2S/c1-25(17-10-6-3-7-11-17)20(27)13-26-15-23-12-18(22(26)28)21-24-19(14-29-21)16-8-4-2-5-9-16/h2-12,14-15H,13H2,1H3. The van der Waals surface area contributed by atoms with Gasteiger partial charge in [-0.1, -0.05) is 48.5 Å². The third-order valence-electron chi connectivity index (χ3n) is 4.53. The first-order chi connectivity index (χ1) is 14.1. The third kappa shape index (κ3) is 4.00. The summed E-state index contributed by atoms with van der Waals surface area (Å²) in [5.41, 5.74) is 2.65. The van der Waals surface area contributed by atoms with Gasteiger partial charge >= 0.3 is 0 Å². The van der Waals surface area contributed by atoms with Gasteiger partial charge in [0.05, 0.1) is 17.6 Å². The van der Waals surface area contributed by atoms with E-state index in [0.29, 0.717) is 10.6 Å². The molecule has 0 atom stereocenters. The Kier molecular flexibility index (Phi) is 5.31. The molecule has 4 aromatic rings. The minimum absolute atomic E-state index is 0.0953. The topological polar surface area (TPSA) is 68.1 Å². The summed E-state index contributed by atoms with van der Waals surface area (Å²) in [5.74, 6) is -0.207. The van der Waals surface area contributed by atoms with E-state index in [9.17, 15) is 9.59 Å². The van der Waals surface area contributed by atoms with Crippen molar-refractivity contribution in [1.29, 1.82) is 0 Å². The zero-order valence-electron chi connectivity index (χ0n) is 15.7. The summed E-state index contributed by atoms with van der Waals surface area (Å²) >= 11 is 1.38. The Balaban J connectivity index is 1.59. The van der Waals surface area contributed by atoms with Crippen LogP contribution in [0.2, 0.25) is 0 Å². The monoisotopic (exact) mass is 402 g/mol. The minimum atomic E-state index is -0.288.